The number of nitrogens with zero attached hydrogens (tertiary/aromatic N) is 1. The lowest BCUT2D eigenvalue weighted by molar-refractivity contribution is -0.154. The zero-order chi connectivity index (χ0) is 13.2. The first kappa shape index (κ1) is 13.3. The smallest absolute Gasteiger partial charge is 0.326 e. The van der Waals surface area contributed by atoms with Crippen molar-refractivity contribution in [2.45, 2.75) is 51.0 Å². The fourth-order valence-electron chi connectivity index (χ4n) is 3.31. The third-order valence-corrected chi connectivity index (χ3v) is 4.45. The second-order valence-electron chi connectivity index (χ2n) is 5.54. The van der Waals surface area contributed by atoms with Gasteiger partial charge in [-0.1, -0.05) is 19.3 Å². The summed E-state index contributed by atoms with van der Waals surface area (Å²) in [5, 5.41) is 9.16. The molecule has 0 aromatic carbocycles. The molecule has 2 aliphatic rings. The summed E-state index contributed by atoms with van der Waals surface area (Å²) in [6.45, 7) is 0.909. The number of carboxylic acid groups (broad SMARTS) is 1. The van der Waals surface area contributed by atoms with Crippen LogP contribution in [-0.2, 0) is 9.59 Å². The van der Waals surface area contributed by atoms with Gasteiger partial charge in [0.25, 0.3) is 0 Å². The first-order valence-electron chi connectivity index (χ1n) is 6.85. The van der Waals surface area contributed by atoms with Gasteiger partial charge in [-0.2, -0.15) is 0 Å². The van der Waals surface area contributed by atoms with Gasteiger partial charge < -0.3 is 15.7 Å². The van der Waals surface area contributed by atoms with Gasteiger partial charge in [-0.05, 0) is 25.7 Å². The summed E-state index contributed by atoms with van der Waals surface area (Å²) in [6, 6.07) is -0.636. The monoisotopic (exact) mass is 254 g/mol. The van der Waals surface area contributed by atoms with Gasteiger partial charge in [0.1, 0.15) is 6.04 Å². The fraction of sp³-hybridized carbons (Fsp3) is 0.846. The number of rotatable bonds is 3. The van der Waals surface area contributed by atoms with Crippen LogP contribution in [0.2, 0.25) is 0 Å². The molecule has 1 saturated carbocycles. The highest BCUT2D eigenvalue weighted by atomic mass is 16.4. The molecule has 18 heavy (non-hydrogen) atoms. The Labute approximate surface area is 107 Å². The van der Waals surface area contributed by atoms with Gasteiger partial charge in [0.15, 0.2) is 0 Å². The molecule has 1 saturated heterocycles. The molecule has 3 N–H and O–H groups in total. The molecule has 1 heterocycles. The molecule has 0 radical (unpaired) electrons. The Morgan fingerprint density at radius 2 is 1.89 bits per heavy atom. The molecule has 1 aliphatic heterocycles. The van der Waals surface area contributed by atoms with Crippen molar-refractivity contribution in [2.75, 3.05) is 13.1 Å². The minimum Gasteiger partial charge on any atom is -0.480 e. The summed E-state index contributed by atoms with van der Waals surface area (Å²) < 4.78 is 0. The summed E-state index contributed by atoms with van der Waals surface area (Å²) >= 11 is 0. The average Bonchev–Trinajstić information content (AvgIpc) is 2.88. The maximum Gasteiger partial charge on any atom is 0.326 e. The van der Waals surface area contributed by atoms with E-state index in [4.69, 9.17) is 10.8 Å². The number of amides is 1. The van der Waals surface area contributed by atoms with E-state index in [1.807, 2.05) is 0 Å². The number of hydrogen-bond donors (Lipinski definition) is 2. The molecule has 102 valence electrons. The second-order valence-corrected chi connectivity index (χ2v) is 5.54. The Hall–Kier alpha value is -1.10. The molecule has 1 atom stereocenters. The standard InChI is InChI=1S/C13H22N2O3/c14-9-13(6-2-1-3-7-13)12(18)15-8-4-5-10(15)11(16)17/h10H,1-9,14H2,(H,16,17)/t10-/m1/s1. The zero-order valence-corrected chi connectivity index (χ0v) is 10.7. The third kappa shape index (κ3) is 2.23. The fourth-order valence-corrected chi connectivity index (χ4v) is 3.31. The van der Waals surface area contributed by atoms with Crippen molar-refractivity contribution >= 4 is 11.9 Å². The molecule has 0 unspecified atom stereocenters. The third-order valence-electron chi connectivity index (χ3n) is 4.45. The van der Waals surface area contributed by atoms with Crippen molar-refractivity contribution in [3.8, 4) is 0 Å². The summed E-state index contributed by atoms with van der Waals surface area (Å²) in [6.07, 6.45) is 6.17. The van der Waals surface area contributed by atoms with Gasteiger partial charge >= 0.3 is 5.97 Å². The van der Waals surface area contributed by atoms with E-state index in [2.05, 4.69) is 0 Å². The van der Waals surface area contributed by atoms with Gasteiger partial charge in [-0.25, -0.2) is 4.79 Å². The average molecular weight is 254 g/mol. The number of likely N-dealkylation sites (tertiary alicyclic amines) is 1. The number of carbonyl (C=O) groups is 2. The van der Waals surface area contributed by atoms with E-state index in [1.54, 1.807) is 4.90 Å². The first-order chi connectivity index (χ1) is 8.60. The van der Waals surface area contributed by atoms with Crippen molar-refractivity contribution in [3.63, 3.8) is 0 Å². The van der Waals surface area contributed by atoms with E-state index in [0.29, 0.717) is 19.5 Å². The topological polar surface area (TPSA) is 83.6 Å². The van der Waals surface area contributed by atoms with Crippen LogP contribution in [0.1, 0.15) is 44.9 Å². The maximum atomic E-state index is 12.7. The lowest BCUT2D eigenvalue weighted by Crippen LogP contribution is -2.52. The minimum atomic E-state index is -0.885. The van der Waals surface area contributed by atoms with E-state index >= 15 is 0 Å². The summed E-state index contributed by atoms with van der Waals surface area (Å²) in [7, 11) is 0. The van der Waals surface area contributed by atoms with Crippen molar-refractivity contribution in [2.24, 2.45) is 11.1 Å². The van der Waals surface area contributed by atoms with Gasteiger partial charge in [0.05, 0.1) is 5.41 Å². The number of carbonyl (C=O) groups excluding carboxylic acids is 1. The molecule has 0 aromatic rings. The van der Waals surface area contributed by atoms with Crippen LogP contribution in [0, 0.1) is 5.41 Å². The number of carboxylic acids is 1. The maximum absolute atomic E-state index is 12.7. The van der Waals surface area contributed by atoms with Gasteiger partial charge in [0.2, 0.25) is 5.91 Å². The molecular weight excluding hydrogens is 232 g/mol. The van der Waals surface area contributed by atoms with Crippen LogP contribution >= 0.6 is 0 Å². The Bertz CT molecular complexity index is 337. The summed E-state index contributed by atoms with van der Waals surface area (Å²) in [5.74, 6) is -0.904. The summed E-state index contributed by atoms with van der Waals surface area (Å²) in [4.78, 5) is 25.4. The second kappa shape index (κ2) is 5.26. The van der Waals surface area contributed by atoms with Crippen LogP contribution in [-0.4, -0.2) is 41.0 Å². The normalized spacial score (nSPS) is 27.2. The van der Waals surface area contributed by atoms with Crippen molar-refractivity contribution in [1.82, 2.24) is 4.90 Å². The lowest BCUT2D eigenvalue weighted by atomic mass is 9.73. The van der Waals surface area contributed by atoms with E-state index in [0.717, 1.165) is 38.5 Å². The quantitative estimate of drug-likeness (QED) is 0.786. The van der Waals surface area contributed by atoms with Gasteiger partial charge in [-0.3, -0.25) is 4.79 Å². The first-order valence-corrected chi connectivity index (χ1v) is 6.85. The molecule has 0 bridgehead atoms. The largest absolute Gasteiger partial charge is 0.480 e. The van der Waals surface area contributed by atoms with E-state index < -0.39 is 17.4 Å². The highest BCUT2D eigenvalue weighted by molar-refractivity contribution is 5.88. The molecule has 1 amide bonds. The molecule has 5 heteroatoms. The van der Waals surface area contributed by atoms with Crippen LogP contribution in [0.15, 0.2) is 0 Å². The van der Waals surface area contributed by atoms with Crippen LogP contribution in [0.5, 0.6) is 0 Å². The van der Waals surface area contributed by atoms with Gasteiger partial charge in [-0.15, -0.1) is 0 Å². The Morgan fingerprint density at radius 3 is 2.44 bits per heavy atom. The molecule has 0 spiro atoms. The van der Waals surface area contributed by atoms with Crippen LogP contribution in [0.25, 0.3) is 0 Å². The number of hydrogen-bond acceptors (Lipinski definition) is 3. The van der Waals surface area contributed by atoms with E-state index in [-0.39, 0.29) is 5.91 Å². The predicted molar refractivity (Wildman–Crippen MR) is 66.9 cm³/mol. The van der Waals surface area contributed by atoms with Crippen molar-refractivity contribution in [3.05, 3.63) is 0 Å². The zero-order valence-electron chi connectivity index (χ0n) is 10.7. The minimum absolute atomic E-state index is 0.0189. The Morgan fingerprint density at radius 1 is 1.22 bits per heavy atom. The molecular formula is C13H22N2O3. The van der Waals surface area contributed by atoms with E-state index in [1.165, 1.54) is 0 Å². The lowest BCUT2D eigenvalue weighted by Gasteiger charge is -2.39. The van der Waals surface area contributed by atoms with Crippen LogP contribution < -0.4 is 5.73 Å². The van der Waals surface area contributed by atoms with Crippen molar-refractivity contribution in [1.29, 1.82) is 0 Å². The SMILES string of the molecule is NCC1(C(=O)N2CCC[C@@H]2C(=O)O)CCCCC1. The molecule has 5 nitrogen and oxygen atoms in total. The van der Waals surface area contributed by atoms with Crippen LogP contribution in [0.4, 0.5) is 0 Å². The molecule has 2 fully saturated rings. The summed E-state index contributed by atoms with van der Waals surface area (Å²) in [5.41, 5.74) is 5.34. The number of nitrogens with two attached hydrogens (primary N) is 1. The van der Waals surface area contributed by atoms with E-state index in [9.17, 15) is 9.59 Å². The van der Waals surface area contributed by atoms with Crippen molar-refractivity contribution < 1.29 is 14.7 Å². The highest BCUT2D eigenvalue weighted by Crippen LogP contribution is 2.38. The Kier molecular flexibility index (Phi) is 3.90. The highest BCUT2D eigenvalue weighted by Gasteiger charge is 2.45. The predicted octanol–water partition coefficient (Wildman–Crippen LogP) is 0.971. The molecule has 0 aromatic heterocycles. The molecule has 2 rings (SSSR count). The number of aliphatic carboxylic acids is 1. The molecule has 1 aliphatic carbocycles. The van der Waals surface area contributed by atoms with Gasteiger partial charge in [0, 0.05) is 13.1 Å². The Balaban J connectivity index is 2.15. The van der Waals surface area contributed by atoms with Crippen LogP contribution in [0.3, 0.4) is 0 Å².